The van der Waals surface area contributed by atoms with Gasteiger partial charge in [0.05, 0.1) is 6.08 Å². The monoisotopic (exact) mass is 302 g/mol. The van der Waals surface area contributed by atoms with Gasteiger partial charge in [0, 0.05) is 0 Å². The molecule has 3 nitrogen and oxygen atoms in total. The summed E-state index contributed by atoms with van der Waals surface area (Å²) in [6.07, 6.45) is 1.77. The van der Waals surface area contributed by atoms with E-state index in [1.54, 1.807) is 6.08 Å². The predicted molar refractivity (Wildman–Crippen MR) is 86.9 cm³/mol. The Balaban J connectivity index is 4.97. The maximum Gasteiger partial charge on any atom is 0.269 e. The molecule has 19 heavy (non-hydrogen) atoms. The van der Waals surface area contributed by atoms with Crippen molar-refractivity contribution in [3.05, 3.63) is 24.4 Å². The molecular formula is C14H30O3Si2. The van der Waals surface area contributed by atoms with Crippen molar-refractivity contribution in [2.45, 2.75) is 65.7 Å². The topological polar surface area (TPSA) is 27.7 Å². The molecule has 0 aliphatic heterocycles. The summed E-state index contributed by atoms with van der Waals surface area (Å²) in [4.78, 5) is 0. The van der Waals surface area contributed by atoms with E-state index in [-0.39, 0.29) is 5.60 Å². The molecule has 0 radical (unpaired) electrons. The van der Waals surface area contributed by atoms with E-state index in [2.05, 4.69) is 45.9 Å². The first-order chi connectivity index (χ1) is 8.18. The van der Waals surface area contributed by atoms with Crippen LogP contribution in [0.15, 0.2) is 24.4 Å². The predicted octanol–water partition coefficient (Wildman–Crippen LogP) is 4.86. The minimum atomic E-state index is -1.72. The molecular weight excluding hydrogens is 272 g/mol. The molecule has 5 heteroatoms. The van der Waals surface area contributed by atoms with Crippen LogP contribution in [-0.4, -0.2) is 22.2 Å². The second-order valence-corrected chi connectivity index (χ2v) is 16.4. The van der Waals surface area contributed by atoms with E-state index in [9.17, 15) is 0 Å². The normalized spacial score (nSPS) is 14.1. The van der Waals surface area contributed by atoms with Crippen molar-refractivity contribution >= 4 is 16.6 Å². The van der Waals surface area contributed by atoms with Gasteiger partial charge in [0.25, 0.3) is 5.95 Å². The molecule has 0 aromatic rings. The standard InChI is InChI=1S/C14H30O3Si2/c1-12(16-18(5,6)7)11-13(15-14(2,3)4)17-19(8,9)10/h11H,1H2,2-10H3. The van der Waals surface area contributed by atoms with Crippen molar-refractivity contribution in [1.29, 1.82) is 0 Å². The van der Waals surface area contributed by atoms with E-state index < -0.39 is 16.6 Å². The summed E-state index contributed by atoms with van der Waals surface area (Å²) in [6.45, 7) is 22.6. The third kappa shape index (κ3) is 12.1. The van der Waals surface area contributed by atoms with Crippen LogP contribution in [0.2, 0.25) is 39.3 Å². The third-order valence-corrected chi connectivity index (χ3v) is 3.22. The Bertz CT molecular complexity index is 323. The number of allylic oxidation sites excluding steroid dienone is 1. The van der Waals surface area contributed by atoms with E-state index in [4.69, 9.17) is 13.6 Å². The highest BCUT2D eigenvalue weighted by Crippen LogP contribution is 2.21. The van der Waals surface area contributed by atoms with Crippen LogP contribution in [-0.2, 0) is 13.6 Å². The molecule has 0 heterocycles. The third-order valence-electron chi connectivity index (χ3n) is 1.53. The summed E-state index contributed by atoms with van der Waals surface area (Å²) >= 11 is 0. The van der Waals surface area contributed by atoms with Crippen molar-refractivity contribution in [3.8, 4) is 0 Å². The number of ether oxygens (including phenoxy) is 1. The van der Waals surface area contributed by atoms with Crippen molar-refractivity contribution < 1.29 is 13.6 Å². The Morgan fingerprint density at radius 1 is 0.895 bits per heavy atom. The molecule has 0 atom stereocenters. The van der Waals surface area contributed by atoms with Gasteiger partial charge in [-0.15, -0.1) is 0 Å². The number of hydrogen-bond acceptors (Lipinski definition) is 3. The van der Waals surface area contributed by atoms with Gasteiger partial charge in [-0.25, -0.2) is 0 Å². The van der Waals surface area contributed by atoms with Crippen LogP contribution in [0.25, 0.3) is 0 Å². The lowest BCUT2D eigenvalue weighted by atomic mass is 10.2. The summed E-state index contributed by atoms with van der Waals surface area (Å²) in [5.41, 5.74) is -0.301. The molecule has 0 rings (SSSR count). The zero-order chi connectivity index (χ0) is 15.5. The maximum atomic E-state index is 5.95. The summed E-state index contributed by atoms with van der Waals surface area (Å²) < 4.78 is 17.6. The van der Waals surface area contributed by atoms with Gasteiger partial charge in [-0.1, -0.05) is 6.58 Å². The smallest absolute Gasteiger partial charge is 0.269 e. The van der Waals surface area contributed by atoms with Gasteiger partial charge < -0.3 is 13.6 Å². The second-order valence-electron chi connectivity index (χ2n) is 7.57. The largest absolute Gasteiger partial charge is 0.545 e. The molecule has 0 spiro atoms. The van der Waals surface area contributed by atoms with E-state index in [1.807, 2.05) is 20.8 Å². The second kappa shape index (κ2) is 6.18. The number of hydrogen-bond donors (Lipinski definition) is 0. The van der Waals surface area contributed by atoms with Gasteiger partial charge in [0.1, 0.15) is 11.4 Å². The molecule has 0 aliphatic rings. The Morgan fingerprint density at radius 3 is 1.63 bits per heavy atom. The van der Waals surface area contributed by atoms with Crippen molar-refractivity contribution in [2.24, 2.45) is 0 Å². The molecule has 0 unspecified atom stereocenters. The SMILES string of the molecule is C=C(C=C(OC(C)(C)C)O[Si](C)(C)C)O[Si](C)(C)C. The quantitative estimate of drug-likeness (QED) is 0.398. The van der Waals surface area contributed by atoms with Gasteiger partial charge >= 0.3 is 0 Å². The molecule has 0 N–H and O–H groups in total. The lowest BCUT2D eigenvalue weighted by molar-refractivity contribution is -0.00876. The summed E-state index contributed by atoms with van der Waals surface area (Å²) in [5.74, 6) is 1.12. The fourth-order valence-electron chi connectivity index (χ4n) is 1.24. The van der Waals surface area contributed by atoms with E-state index >= 15 is 0 Å². The molecule has 0 amide bonds. The average molecular weight is 303 g/mol. The van der Waals surface area contributed by atoms with Crippen LogP contribution in [0.3, 0.4) is 0 Å². The molecule has 0 aromatic heterocycles. The fourth-order valence-corrected chi connectivity index (χ4v) is 2.79. The Labute approximate surface area is 120 Å². The van der Waals surface area contributed by atoms with Crippen molar-refractivity contribution in [2.75, 3.05) is 0 Å². The van der Waals surface area contributed by atoms with E-state index in [0.717, 1.165) is 0 Å². The highest BCUT2D eigenvalue weighted by molar-refractivity contribution is 6.70. The summed E-state index contributed by atoms with van der Waals surface area (Å²) in [5, 5.41) is 0. The Kier molecular flexibility index (Phi) is 5.95. The van der Waals surface area contributed by atoms with Crippen LogP contribution in [0.5, 0.6) is 0 Å². The lowest BCUT2D eigenvalue weighted by Gasteiger charge is -2.28. The van der Waals surface area contributed by atoms with Crippen LogP contribution >= 0.6 is 0 Å². The Hall–Kier alpha value is -0.686. The lowest BCUT2D eigenvalue weighted by Crippen LogP contribution is -2.30. The first-order valence-electron chi connectivity index (χ1n) is 6.66. The minimum Gasteiger partial charge on any atom is -0.545 e. The molecule has 0 bridgehead atoms. The first kappa shape index (κ1) is 18.3. The molecule has 0 saturated carbocycles. The van der Waals surface area contributed by atoms with Gasteiger partial charge in [-0.3, -0.25) is 0 Å². The van der Waals surface area contributed by atoms with Crippen LogP contribution in [0.4, 0.5) is 0 Å². The van der Waals surface area contributed by atoms with Gasteiger partial charge in [0.2, 0.25) is 16.6 Å². The molecule has 0 fully saturated rings. The van der Waals surface area contributed by atoms with Crippen LogP contribution < -0.4 is 0 Å². The van der Waals surface area contributed by atoms with Gasteiger partial charge in [-0.2, -0.15) is 0 Å². The van der Waals surface area contributed by atoms with Gasteiger partial charge in [0.15, 0.2) is 0 Å². The van der Waals surface area contributed by atoms with Crippen molar-refractivity contribution in [3.63, 3.8) is 0 Å². The zero-order valence-electron chi connectivity index (χ0n) is 14.0. The molecule has 0 saturated heterocycles. The fraction of sp³-hybridized carbons (Fsp3) is 0.714. The maximum absolute atomic E-state index is 5.95. The highest BCUT2D eigenvalue weighted by Gasteiger charge is 2.23. The molecule has 0 aromatic carbocycles. The zero-order valence-corrected chi connectivity index (χ0v) is 16.0. The van der Waals surface area contributed by atoms with Crippen molar-refractivity contribution in [1.82, 2.24) is 0 Å². The molecule has 0 aliphatic carbocycles. The summed E-state index contributed by atoms with van der Waals surface area (Å²) in [6, 6.07) is 0. The number of rotatable bonds is 6. The van der Waals surface area contributed by atoms with Crippen LogP contribution in [0.1, 0.15) is 20.8 Å². The summed E-state index contributed by atoms with van der Waals surface area (Å²) in [7, 11) is -3.37. The van der Waals surface area contributed by atoms with Gasteiger partial charge in [-0.05, 0) is 60.1 Å². The van der Waals surface area contributed by atoms with E-state index in [0.29, 0.717) is 11.7 Å². The first-order valence-corrected chi connectivity index (χ1v) is 13.5. The highest BCUT2D eigenvalue weighted by atomic mass is 28.4. The Morgan fingerprint density at radius 2 is 1.32 bits per heavy atom. The molecule has 112 valence electrons. The average Bonchev–Trinajstić information content (AvgIpc) is 1.90. The van der Waals surface area contributed by atoms with E-state index in [1.165, 1.54) is 0 Å². The minimum absolute atomic E-state index is 0.301. The van der Waals surface area contributed by atoms with Crippen LogP contribution in [0, 0.1) is 0 Å².